The van der Waals surface area contributed by atoms with Crippen LogP contribution in [0.15, 0.2) is 54.6 Å². The van der Waals surface area contributed by atoms with E-state index in [9.17, 15) is 0 Å². The summed E-state index contributed by atoms with van der Waals surface area (Å²) in [5.74, 6) is 1.10. The molecule has 0 N–H and O–H groups in total. The molecule has 0 amide bonds. The fraction of sp³-hybridized carbons (Fsp3) is 0.294. The molecule has 0 aliphatic carbocycles. The third-order valence-corrected chi connectivity index (χ3v) is 4.61. The quantitative estimate of drug-likeness (QED) is 0.759. The maximum atomic E-state index is 6.14. The second-order valence-electron chi connectivity index (χ2n) is 5.02. The predicted molar refractivity (Wildman–Crippen MR) is 90.7 cm³/mol. The van der Waals surface area contributed by atoms with Crippen LogP contribution in [-0.4, -0.2) is 31.3 Å². The van der Waals surface area contributed by atoms with Crippen molar-refractivity contribution in [2.45, 2.75) is 5.25 Å². The van der Waals surface area contributed by atoms with E-state index in [0.717, 1.165) is 17.3 Å². The van der Waals surface area contributed by atoms with E-state index in [1.807, 2.05) is 23.9 Å². The Labute approximate surface area is 130 Å². The van der Waals surface area contributed by atoms with E-state index in [-0.39, 0.29) is 0 Å². The van der Waals surface area contributed by atoms with Gasteiger partial charge in [-0.05, 0) is 37.4 Å². The number of hydrogen-bond acceptors (Lipinski definition) is 2. The molecule has 0 spiro atoms. The first-order valence-electron chi connectivity index (χ1n) is 6.73. The molecule has 2 rings (SSSR count). The molecule has 0 radical (unpaired) electrons. The lowest BCUT2D eigenvalue weighted by atomic mass is 10.0. The molecule has 0 bridgehead atoms. The van der Waals surface area contributed by atoms with Gasteiger partial charge < -0.3 is 4.90 Å². The molecule has 2 aromatic rings. The molecule has 1 nitrogen and oxygen atoms in total. The van der Waals surface area contributed by atoms with Gasteiger partial charge in [0.2, 0.25) is 0 Å². The molecule has 0 aromatic heterocycles. The lowest BCUT2D eigenvalue weighted by Gasteiger charge is -2.19. The summed E-state index contributed by atoms with van der Waals surface area (Å²) in [5, 5.41) is 1.14. The lowest BCUT2D eigenvalue weighted by Crippen LogP contribution is -2.15. The van der Waals surface area contributed by atoms with Gasteiger partial charge in [-0.3, -0.25) is 0 Å². The normalized spacial score (nSPS) is 12.6. The van der Waals surface area contributed by atoms with Crippen LogP contribution in [0.1, 0.15) is 16.4 Å². The van der Waals surface area contributed by atoms with Crippen LogP contribution in [0.3, 0.4) is 0 Å². The molecule has 0 unspecified atom stereocenters. The van der Waals surface area contributed by atoms with Crippen LogP contribution in [0.25, 0.3) is 0 Å². The standard InChI is InChI=1S/C17H20ClNS/c1-19(2)11-12-20-17(14-7-4-3-5-8-14)15-9-6-10-16(18)13-15/h3-10,13,17H,11-12H2,1-2H3/t17-/m0/s1. The first-order valence-corrected chi connectivity index (χ1v) is 8.16. The van der Waals surface area contributed by atoms with Crippen molar-refractivity contribution >= 4 is 23.4 Å². The van der Waals surface area contributed by atoms with E-state index >= 15 is 0 Å². The SMILES string of the molecule is CN(C)CCS[C@@H](c1ccccc1)c1cccc(Cl)c1. The molecule has 20 heavy (non-hydrogen) atoms. The summed E-state index contributed by atoms with van der Waals surface area (Å²) in [6, 6.07) is 18.8. The van der Waals surface area contributed by atoms with Crippen LogP contribution in [0.4, 0.5) is 0 Å². The lowest BCUT2D eigenvalue weighted by molar-refractivity contribution is 0.437. The fourth-order valence-electron chi connectivity index (χ4n) is 2.04. The number of hydrogen-bond donors (Lipinski definition) is 0. The Bertz CT molecular complexity index is 528. The molecular weight excluding hydrogens is 286 g/mol. The van der Waals surface area contributed by atoms with Crippen LogP contribution >= 0.6 is 23.4 Å². The topological polar surface area (TPSA) is 3.24 Å². The van der Waals surface area contributed by atoms with Gasteiger partial charge in [0.25, 0.3) is 0 Å². The predicted octanol–water partition coefficient (Wildman–Crippen LogP) is 4.72. The van der Waals surface area contributed by atoms with E-state index < -0.39 is 0 Å². The number of benzene rings is 2. The first kappa shape index (κ1) is 15.4. The first-order chi connectivity index (χ1) is 9.66. The van der Waals surface area contributed by atoms with Crippen LogP contribution in [-0.2, 0) is 0 Å². The molecular formula is C17H20ClNS. The summed E-state index contributed by atoms with van der Waals surface area (Å²) in [7, 11) is 4.22. The molecule has 1 atom stereocenters. The monoisotopic (exact) mass is 305 g/mol. The van der Waals surface area contributed by atoms with Gasteiger partial charge >= 0.3 is 0 Å². The zero-order chi connectivity index (χ0) is 14.4. The van der Waals surface area contributed by atoms with Crippen LogP contribution in [0.2, 0.25) is 5.02 Å². The second kappa shape index (κ2) is 7.72. The molecule has 0 heterocycles. The summed E-state index contributed by atoms with van der Waals surface area (Å²) < 4.78 is 0. The highest BCUT2D eigenvalue weighted by Crippen LogP contribution is 2.36. The highest BCUT2D eigenvalue weighted by atomic mass is 35.5. The van der Waals surface area contributed by atoms with E-state index in [4.69, 9.17) is 11.6 Å². The molecule has 2 aromatic carbocycles. The van der Waals surface area contributed by atoms with Gasteiger partial charge in [0, 0.05) is 17.3 Å². The highest BCUT2D eigenvalue weighted by molar-refractivity contribution is 7.99. The summed E-state index contributed by atoms with van der Waals surface area (Å²) in [6.45, 7) is 1.08. The van der Waals surface area contributed by atoms with Gasteiger partial charge in [-0.2, -0.15) is 0 Å². The number of nitrogens with zero attached hydrogens (tertiary/aromatic N) is 1. The van der Waals surface area contributed by atoms with Gasteiger partial charge in [-0.15, -0.1) is 11.8 Å². The van der Waals surface area contributed by atoms with E-state index in [2.05, 4.69) is 61.5 Å². The van der Waals surface area contributed by atoms with Crippen LogP contribution < -0.4 is 0 Å². The minimum absolute atomic E-state index is 0.342. The molecule has 3 heteroatoms. The maximum absolute atomic E-state index is 6.14. The van der Waals surface area contributed by atoms with Gasteiger partial charge in [0.05, 0.1) is 5.25 Å². The Morgan fingerprint density at radius 3 is 2.35 bits per heavy atom. The smallest absolute Gasteiger partial charge is 0.0547 e. The van der Waals surface area contributed by atoms with Crippen molar-refractivity contribution in [2.75, 3.05) is 26.4 Å². The number of thioether (sulfide) groups is 1. The van der Waals surface area contributed by atoms with Gasteiger partial charge in [0.15, 0.2) is 0 Å². The van der Waals surface area contributed by atoms with Crippen LogP contribution in [0, 0.1) is 0 Å². The molecule has 0 fully saturated rings. The van der Waals surface area contributed by atoms with E-state index in [0.29, 0.717) is 5.25 Å². The highest BCUT2D eigenvalue weighted by Gasteiger charge is 2.14. The van der Waals surface area contributed by atoms with Gasteiger partial charge in [0.1, 0.15) is 0 Å². The summed E-state index contributed by atoms with van der Waals surface area (Å²) in [5.41, 5.74) is 2.60. The molecule has 106 valence electrons. The minimum atomic E-state index is 0.342. The summed E-state index contributed by atoms with van der Waals surface area (Å²) >= 11 is 8.11. The van der Waals surface area contributed by atoms with Crippen molar-refractivity contribution in [3.8, 4) is 0 Å². The Hall–Kier alpha value is -0.960. The fourth-order valence-corrected chi connectivity index (χ4v) is 3.63. The van der Waals surface area contributed by atoms with Crippen molar-refractivity contribution in [2.24, 2.45) is 0 Å². The molecule has 0 aliphatic rings. The molecule has 0 saturated heterocycles. The zero-order valence-electron chi connectivity index (χ0n) is 11.9. The molecule has 0 saturated carbocycles. The van der Waals surface area contributed by atoms with Crippen molar-refractivity contribution in [3.63, 3.8) is 0 Å². The average Bonchev–Trinajstić information content (AvgIpc) is 2.44. The molecule has 0 aliphatic heterocycles. The van der Waals surface area contributed by atoms with E-state index in [1.165, 1.54) is 11.1 Å². The van der Waals surface area contributed by atoms with E-state index in [1.54, 1.807) is 0 Å². The van der Waals surface area contributed by atoms with Crippen molar-refractivity contribution in [1.29, 1.82) is 0 Å². The maximum Gasteiger partial charge on any atom is 0.0547 e. The second-order valence-corrected chi connectivity index (χ2v) is 6.67. The third-order valence-electron chi connectivity index (χ3n) is 3.08. The zero-order valence-corrected chi connectivity index (χ0v) is 13.5. The Balaban J connectivity index is 2.20. The third kappa shape index (κ3) is 4.55. The van der Waals surface area contributed by atoms with Crippen molar-refractivity contribution < 1.29 is 0 Å². The summed E-state index contributed by atoms with van der Waals surface area (Å²) in [6.07, 6.45) is 0. The average molecular weight is 306 g/mol. The number of rotatable bonds is 6. The Morgan fingerprint density at radius 2 is 1.70 bits per heavy atom. The summed E-state index contributed by atoms with van der Waals surface area (Å²) in [4.78, 5) is 2.22. The Kier molecular flexibility index (Phi) is 5.96. The van der Waals surface area contributed by atoms with Gasteiger partial charge in [-0.25, -0.2) is 0 Å². The minimum Gasteiger partial charge on any atom is -0.309 e. The van der Waals surface area contributed by atoms with Gasteiger partial charge in [-0.1, -0.05) is 54.1 Å². The number of halogens is 1. The largest absolute Gasteiger partial charge is 0.309 e. The van der Waals surface area contributed by atoms with Crippen LogP contribution in [0.5, 0.6) is 0 Å². The van der Waals surface area contributed by atoms with Crippen molar-refractivity contribution in [3.05, 3.63) is 70.7 Å². The van der Waals surface area contributed by atoms with Crippen molar-refractivity contribution in [1.82, 2.24) is 4.90 Å². The Morgan fingerprint density at radius 1 is 1.00 bits per heavy atom.